The fraction of sp³-hybridized carbons (Fsp3) is 0.118. The average Bonchev–Trinajstić information content (AvgIpc) is 2.54. The first-order chi connectivity index (χ1) is 11.0. The molecule has 0 unspecified atom stereocenters. The Morgan fingerprint density at radius 2 is 1.87 bits per heavy atom. The summed E-state index contributed by atoms with van der Waals surface area (Å²) >= 11 is 0. The average molecular weight is 325 g/mol. The number of hydrogen-bond donors (Lipinski definition) is 1. The number of pyridine rings is 1. The van der Waals surface area contributed by atoms with Crippen LogP contribution in [0.3, 0.4) is 0 Å². The van der Waals surface area contributed by atoms with Gasteiger partial charge in [0, 0.05) is 42.5 Å². The van der Waals surface area contributed by atoms with Crippen LogP contribution in [0.4, 0.5) is 11.4 Å². The molecule has 6 heteroatoms. The Bertz CT molecular complexity index is 1040. The maximum Gasteiger partial charge on any atom is 0.262 e. The minimum absolute atomic E-state index is 0.297. The van der Waals surface area contributed by atoms with Crippen molar-refractivity contribution >= 4 is 32.3 Å². The van der Waals surface area contributed by atoms with Gasteiger partial charge in [-0.3, -0.25) is 9.71 Å². The van der Waals surface area contributed by atoms with Gasteiger partial charge in [0.25, 0.3) is 10.0 Å². The van der Waals surface area contributed by atoms with Gasteiger partial charge in [0.15, 0.2) is 0 Å². The SMILES string of the molecule is CN(C)c1ccc2c(c1)-c1ccc3cccnc3c1NS2(=O)=O. The summed E-state index contributed by atoms with van der Waals surface area (Å²) in [5, 5.41) is 0.904. The summed E-state index contributed by atoms with van der Waals surface area (Å²) in [4.78, 5) is 6.60. The number of nitrogens with zero attached hydrogens (tertiary/aromatic N) is 2. The highest BCUT2D eigenvalue weighted by atomic mass is 32.2. The Morgan fingerprint density at radius 3 is 2.65 bits per heavy atom. The molecule has 1 aromatic heterocycles. The molecule has 0 radical (unpaired) electrons. The van der Waals surface area contributed by atoms with Crippen molar-refractivity contribution in [2.45, 2.75) is 4.90 Å². The van der Waals surface area contributed by atoms with Crippen molar-refractivity contribution in [3.05, 3.63) is 48.7 Å². The number of nitrogens with one attached hydrogen (secondary N) is 1. The fourth-order valence-electron chi connectivity index (χ4n) is 2.90. The number of anilines is 2. The highest BCUT2D eigenvalue weighted by Crippen LogP contribution is 2.43. The van der Waals surface area contributed by atoms with Gasteiger partial charge in [-0.15, -0.1) is 0 Å². The summed E-state index contributed by atoms with van der Waals surface area (Å²) < 4.78 is 27.9. The minimum atomic E-state index is -3.60. The lowest BCUT2D eigenvalue weighted by atomic mass is 10.00. The Balaban J connectivity index is 2.10. The standard InChI is InChI=1S/C17H15N3O2S/c1-20(2)12-6-8-15-14(10-12)13-7-5-11-4-3-9-18-16(11)17(13)19-23(15,21)22/h3-10,19H,1-2H3. The molecular formula is C17H15N3O2S. The number of aromatic nitrogens is 1. The Morgan fingerprint density at radius 1 is 1.04 bits per heavy atom. The zero-order chi connectivity index (χ0) is 16.2. The third-order valence-corrected chi connectivity index (χ3v) is 5.48. The Hall–Kier alpha value is -2.60. The van der Waals surface area contributed by atoms with E-state index in [1.807, 2.05) is 55.4 Å². The molecule has 0 saturated carbocycles. The second-order valence-corrected chi connectivity index (χ2v) is 7.39. The first-order valence-electron chi connectivity index (χ1n) is 7.20. The second-order valence-electron chi connectivity index (χ2n) is 5.74. The quantitative estimate of drug-likeness (QED) is 0.747. The van der Waals surface area contributed by atoms with Gasteiger partial charge < -0.3 is 4.90 Å². The van der Waals surface area contributed by atoms with E-state index in [-0.39, 0.29) is 0 Å². The van der Waals surface area contributed by atoms with Gasteiger partial charge in [0.2, 0.25) is 0 Å². The maximum atomic E-state index is 12.6. The molecule has 0 aliphatic carbocycles. The fourth-order valence-corrected chi connectivity index (χ4v) is 4.19. The maximum absolute atomic E-state index is 12.6. The van der Waals surface area contributed by atoms with Crippen molar-refractivity contribution in [3.63, 3.8) is 0 Å². The van der Waals surface area contributed by atoms with Crippen LogP contribution in [-0.2, 0) is 10.0 Å². The predicted octanol–water partition coefficient (Wildman–Crippen LogP) is 3.08. The van der Waals surface area contributed by atoms with E-state index in [0.717, 1.165) is 16.6 Å². The number of benzene rings is 2. The van der Waals surface area contributed by atoms with E-state index in [1.165, 1.54) is 0 Å². The van der Waals surface area contributed by atoms with Crippen LogP contribution in [0.5, 0.6) is 0 Å². The lowest BCUT2D eigenvalue weighted by Crippen LogP contribution is -2.20. The number of sulfonamides is 1. The molecule has 2 aromatic carbocycles. The molecule has 1 N–H and O–H groups in total. The van der Waals surface area contributed by atoms with Crippen molar-refractivity contribution in [2.75, 3.05) is 23.7 Å². The highest BCUT2D eigenvalue weighted by molar-refractivity contribution is 7.93. The molecular weight excluding hydrogens is 310 g/mol. The molecule has 23 heavy (non-hydrogen) atoms. The van der Waals surface area contributed by atoms with Crippen molar-refractivity contribution in [1.29, 1.82) is 0 Å². The van der Waals surface area contributed by atoms with Gasteiger partial charge in [-0.1, -0.05) is 18.2 Å². The minimum Gasteiger partial charge on any atom is -0.378 e. The van der Waals surface area contributed by atoms with Crippen LogP contribution in [-0.4, -0.2) is 27.5 Å². The summed E-state index contributed by atoms with van der Waals surface area (Å²) in [6.07, 6.45) is 1.67. The number of rotatable bonds is 1. The third kappa shape index (κ3) is 2.06. The highest BCUT2D eigenvalue weighted by Gasteiger charge is 2.29. The van der Waals surface area contributed by atoms with Crippen molar-refractivity contribution in [1.82, 2.24) is 4.98 Å². The molecule has 4 rings (SSSR count). The van der Waals surface area contributed by atoms with Gasteiger partial charge >= 0.3 is 0 Å². The van der Waals surface area contributed by atoms with Crippen LogP contribution < -0.4 is 9.62 Å². The molecule has 0 fully saturated rings. The Labute approximate surface area is 134 Å². The van der Waals surface area contributed by atoms with E-state index in [0.29, 0.717) is 21.7 Å². The number of hydrogen-bond acceptors (Lipinski definition) is 4. The lowest BCUT2D eigenvalue weighted by Gasteiger charge is -2.24. The van der Waals surface area contributed by atoms with Crippen LogP contribution in [0, 0.1) is 0 Å². The topological polar surface area (TPSA) is 62.3 Å². The lowest BCUT2D eigenvalue weighted by molar-refractivity contribution is 0.601. The van der Waals surface area contributed by atoms with E-state index in [1.54, 1.807) is 12.3 Å². The molecule has 0 spiro atoms. The van der Waals surface area contributed by atoms with Crippen LogP contribution in [0.25, 0.3) is 22.0 Å². The van der Waals surface area contributed by atoms with E-state index in [4.69, 9.17) is 0 Å². The van der Waals surface area contributed by atoms with Crippen LogP contribution >= 0.6 is 0 Å². The van der Waals surface area contributed by atoms with Crippen molar-refractivity contribution < 1.29 is 8.42 Å². The summed E-state index contributed by atoms with van der Waals surface area (Å²) in [5.41, 5.74) is 3.72. The van der Waals surface area contributed by atoms with Gasteiger partial charge in [-0.2, -0.15) is 0 Å². The van der Waals surface area contributed by atoms with Gasteiger partial charge in [-0.05, 0) is 24.3 Å². The zero-order valence-corrected chi connectivity index (χ0v) is 13.6. The summed E-state index contributed by atoms with van der Waals surface area (Å²) in [7, 11) is 0.264. The molecule has 5 nitrogen and oxygen atoms in total. The largest absolute Gasteiger partial charge is 0.378 e. The predicted molar refractivity (Wildman–Crippen MR) is 92.3 cm³/mol. The van der Waals surface area contributed by atoms with Crippen molar-refractivity contribution in [2.24, 2.45) is 0 Å². The van der Waals surface area contributed by atoms with Gasteiger partial charge in [0.1, 0.15) is 0 Å². The molecule has 1 aliphatic rings. The van der Waals surface area contributed by atoms with E-state index in [9.17, 15) is 8.42 Å². The van der Waals surface area contributed by atoms with Crippen LogP contribution in [0.15, 0.2) is 53.6 Å². The monoisotopic (exact) mass is 325 g/mol. The number of fused-ring (bicyclic) bond motifs is 5. The van der Waals surface area contributed by atoms with E-state index < -0.39 is 10.0 Å². The molecule has 1 aliphatic heterocycles. The molecule has 0 atom stereocenters. The second kappa shape index (κ2) is 4.70. The smallest absolute Gasteiger partial charge is 0.262 e. The normalized spacial score (nSPS) is 14.7. The molecule has 0 bridgehead atoms. The molecule has 116 valence electrons. The van der Waals surface area contributed by atoms with Gasteiger partial charge in [0.05, 0.1) is 16.1 Å². The molecule has 0 amide bonds. The van der Waals surface area contributed by atoms with Crippen LogP contribution in [0.1, 0.15) is 0 Å². The summed E-state index contributed by atoms with van der Waals surface area (Å²) in [6, 6.07) is 13.0. The summed E-state index contributed by atoms with van der Waals surface area (Å²) in [5.74, 6) is 0. The first-order valence-corrected chi connectivity index (χ1v) is 8.68. The Kier molecular flexibility index (Phi) is 2.86. The van der Waals surface area contributed by atoms with Crippen LogP contribution in [0.2, 0.25) is 0 Å². The molecule has 2 heterocycles. The first kappa shape index (κ1) is 14.0. The molecule has 3 aromatic rings. The van der Waals surface area contributed by atoms with E-state index >= 15 is 0 Å². The zero-order valence-electron chi connectivity index (χ0n) is 12.7. The summed E-state index contributed by atoms with van der Waals surface area (Å²) in [6.45, 7) is 0. The van der Waals surface area contributed by atoms with E-state index in [2.05, 4.69) is 9.71 Å². The molecule has 0 saturated heterocycles. The van der Waals surface area contributed by atoms with Gasteiger partial charge in [-0.25, -0.2) is 8.42 Å². The third-order valence-electron chi connectivity index (χ3n) is 4.07. The van der Waals surface area contributed by atoms with Crippen molar-refractivity contribution in [3.8, 4) is 11.1 Å².